The van der Waals surface area contributed by atoms with Crippen molar-refractivity contribution >= 4 is 41.4 Å². The second kappa shape index (κ2) is 24.1. The molecular weight excluding hydrogens is 952 g/mol. The molecule has 0 radical (unpaired) electrons. The second-order valence-electron chi connectivity index (χ2n) is 17.1. The Kier molecular flexibility index (Phi) is 18.1. The monoisotopic (exact) mass is 1000 g/mol. The third-order valence-corrected chi connectivity index (χ3v) is 12.5. The molecule has 18 heteroatoms. The van der Waals surface area contributed by atoms with E-state index in [0.29, 0.717) is 45.3 Å². The van der Waals surface area contributed by atoms with Gasteiger partial charge in [0.2, 0.25) is 0 Å². The Morgan fingerprint density at radius 3 is 1.55 bits per heavy atom. The van der Waals surface area contributed by atoms with Crippen molar-refractivity contribution < 1.29 is 49.0 Å². The van der Waals surface area contributed by atoms with Crippen LogP contribution in [0, 0.1) is 25.2 Å². The topological polar surface area (TPSA) is 238 Å². The van der Waals surface area contributed by atoms with E-state index in [-0.39, 0.29) is 49.6 Å². The van der Waals surface area contributed by atoms with Crippen LogP contribution in [0.3, 0.4) is 0 Å². The van der Waals surface area contributed by atoms with Gasteiger partial charge in [0.25, 0.3) is 0 Å². The number of aromatic nitrogens is 2. The summed E-state index contributed by atoms with van der Waals surface area (Å²) in [5.74, 6) is -1.08. The zero-order chi connectivity index (χ0) is 51.3. The predicted molar refractivity (Wildman–Crippen MR) is 268 cm³/mol. The maximum atomic E-state index is 12.0. The minimum atomic E-state index is -1.63. The minimum absolute atomic E-state index is 0.0108. The molecule has 0 spiro atoms. The fourth-order valence-corrected chi connectivity index (χ4v) is 7.71. The fourth-order valence-electron chi connectivity index (χ4n) is 7.23. The molecule has 6 aromatic rings. The van der Waals surface area contributed by atoms with Crippen molar-refractivity contribution in [2.75, 3.05) is 20.3 Å². The van der Waals surface area contributed by atoms with E-state index in [1.165, 1.54) is 20.0 Å². The number of pyridine rings is 2. The van der Waals surface area contributed by atoms with Crippen LogP contribution < -0.4 is 29.6 Å². The first-order chi connectivity index (χ1) is 34.0. The molecule has 0 bridgehead atoms. The number of halogens is 2. The van der Waals surface area contributed by atoms with Gasteiger partial charge in [0, 0.05) is 91.1 Å². The maximum absolute atomic E-state index is 12.0. The molecule has 4 aromatic carbocycles. The van der Waals surface area contributed by atoms with E-state index in [2.05, 4.69) is 31.7 Å². The van der Waals surface area contributed by atoms with Crippen molar-refractivity contribution in [3.8, 4) is 40.2 Å². The number of nitrogens with one attached hydrogen (secondary N) is 2. The highest BCUT2D eigenvalue weighted by atomic mass is 35.5. The number of hydrogen-bond acceptors (Lipinski definition) is 14. The third-order valence-electron chi connectivity index (χ3n) is 11.9. The first-order valence-corrected chi connectivity index (χ1v) is 23.0. The van der Waals surface area contributed by atoms with Crippen molar-refractivity contribution in [1.29, 1.82) is 5.26 Å². The SMILES string of the molecule is C/N=C/c1cncc(COc2cc(OCc3cccc(-c4cccc(COc5cc(OCc6cncc(C#N)c6)c(CN[C@@](C)(CO)C(=O)O)cc5Cl)c4C)c3C)c(Cl)cc2CNC(C)(CO)C(=O)O)c1. The summed E-state index contributed by atoms with van der Waals surface area (Å²) in [6.07, 6.45) is 8.06. The Balaban J connectivity index is 1.22. The summed E-state index contributed by atoms with van der Waals surface area (Å²) >= 11 is 13.6. The Morgan fingerprint density at radius 1 is 0.662 bits per heavy atom. The third kappa shape index (κ3) is 13.4. The number of nitrogens with zero attached hydrogens (tertiary/aromatic N) is 4. The van der Waals surface area contributed by atoms with Crippen LogP contribution in [0.4, 0.5) is 0 Å². The van der Waals surface area contributed by atoms with Gasteiger partial charge in [0.15, 0.2) is 0 Å². The van der Waals surface area contributed by atoms with Gasteiger partial charge in [-0.05, 0) is 85.3 Å². The number of carbonyl (C=O) groups is 2. The van der Waals surface area contributed by atoms with E-state index in [1.807, 2.05) is 56.3 Å². The van der Waals surface area contributed by atoms with E-state index in [4.69, 9.17) is 42.1 Å². The first-order valence-electron chi connectivity index (χ1n) is 22.2. The number of ether oxygens (including phenoxy) is 4. The second-order valence-corrected chi connectivity index (χ2v) is 17.9. The lowest BCUT2D eigenvalue weighted by molar-refractivity contribution is -0.146. The molecule has 2 aromatic heterocycles. The molecule has 0 saturated carbocycles. The van der Waals surface area contributed by atoms with E-state index in [0.717, 1.165) is 44.5 Å². The summed E-state index contributed by atoms with van der Waals surface area (Å²) in [6.45, 7) is 5.90. The molecule has 0 aliphatic rings. The summed E-state index contributed by atoms with van der Waals surface area (Å²) in [6, 6.07) is 24.0. The number of aliphatic imine (C=N–C) groups is 1. The Morgan fingerprint density at radius 2 is 1.11 bits per heavy atom. The molecule has 0 saturated heterocycles. The number of hydrogen-bond donors (Lipinski definition) is 6. The summed E-state index contributed by atoms with van der Waals surface area (Å²) in [5, 5.41) is 54.9. The molecular formula is C53H54Cl2N6O10. The van der Waals surface area contributed by atoms with Crippen molar-refractivity contribution in [1.82, 2.24) is 20.6 Å². The van der Waals surface area contributed by atoms with E-state index < -0.39 is 36.2 Å². The molecule has 0 fully saturated rings. The van der Waals surface area contributed by atoms with E-state index in [9.17, 15) is 35.3 Å². The van der Waals surface area contributed by atoms with Crippen molar-refractivity contribution in [3.63, 3.8) is 0 Å². The quantitative estimate of drug-likeness (QED) is 0.0314. The van der Waals surface area contributed by atoms with Crippen LogP contribution in [0.2, 0.25) is 10.0 Å². The molecule has 0 amide bonds. The van der Waals surface area contributed by atoms with Crippen LogP contribution in [-0.4, -0.2) is 79.9 Å². The van der Waals surface area contributed by atoms with Gasteiger partial charge in [-0.25, -0.2) is 0 Å². The van der Waals surface area contributed by atoms with Crippen LogP contribution in [0.5, 0.6) is 23.0 Å². The van der Waals surface area contributed by atoms with Crippen LogP contribution in [0.1, 0.15) is 69.5 Å². The molecule has 16 nitrogen and oxygen atoms in total. The average molecular weight is 1010 g/mol. The Labute approximate surface area is 421 Å². The molecule has 2 heterocycles. The largest absolute Gasteiger partial charge is 0.488 e. The van der Waals surface area contributed by atoms with Crippen LogP contribution in [-0.2, 0) is 49.1 Å². The minimum Gasteiger partial charge on any atom is -0.488 e. The standard InChI is InChI=1S/C53H54Cl2N6O10/c1-32-38(28-70-48-16-46(68-26-36-12-34(18-56)20-58-22-36)40(14-44(48)54)24-60-52(3,30-62)50(64)65)8-6-10-42(32)43-11-7-9-39(33(43)2)29-71-49-17-47(69-27-37-13-35(19-57-5)21-59-23-37)41(15-45(49)55)25-61-53(4,31-63)51(66)67/h6-17,19-23,60-63H,24-31H2,1-5H3,(H,64,65)(H,66,67)/b57-19+/t52-,53?/m0/s1. The summed E-state index contributed by atoms with van der Waals surface area (Å²) in [4.78, 5) is 36.3. The number of aliphatic carboxylic acids is 2. The van der Waals surface area contributed by atoms with Gasteiger partial charge in [0.1, 0.15) is 66.6 Å². The maximum Gasteiger partial charge on any atom is 0.326 e. The highest BCUT2D eigenvalue weighted by Gasteiger charge is 2.33. The zero-order valence-corrected chi connectivity index (χ0v) is 41.3. The van der Waals surface area contributed by atoms with Crippen molar-refractivity contribution in [2.24, 2.45) is 4.99 Å². The van der Waals surface area contributed by atoms with E-state index >= 15 is 0 Å². The van der Waals surface area contributed by atoms with Crippen molar-refractivity contribution in [2.45, 2.75) is 78.3 Å². The van der Waals surface area contributed by atoms with Gasteiger partial charge in [-0.15, -0.1) is 0 Å². The molecule has 0 aliphatic heterocycles. The molecule has 6 N–H and O–H groups in total. The highest BCUT2D eigenvalue weighted by Crippen LogP contribution is 2.38. The first kappa shape index (κ1) is 53.3. The molecule has 2 atom stereocenters. The van der Waals surface area contributed by atoms with Gasteiger partial charge < -0.3 is 39.4 Å². The van der Waals surface area contributed by atoms with Gasteiger partial charge >= 0.3 is 11.9 Å². The lowest BCUT2D eigenvalue weighted by Crippen LogP contribution is -2.52. The van der Waals surface area contributed by atoms with Gasteiger partial charge in [0.05, 0.1) is 28.8 Å². The smallest absolute Gasteiger partial charge is 0.326 e. The summed E-state index contributed by atoms with van der Waals surface area (Å²) in [5.41, 5.74) is 5.98. The number of aliphatic hydroxyl groups is 2. The molecule has 6 rings (SSSR count). The number of nitriles is 1. The van der Waals surface area contributed by atoms with E-state index in [1.54, 1.807) is 62.2 Å². The van der Waals surface area contributed by atoms with Gasteiger partial charge in [-0.1, -0.05) is 59.6 Å². The molecule has 1 unspecified atom stereocenters. The van der Waals surface area contributed by atoms with Gasteiger partial charge in [-0.3, -0.25) is 35.2 Å². The lowest BCUT2D eigenvalue weighted by atomic mass is 9.92. The number of carboxylic acids is 2. The van der Waals surface area contributed by atoms with Gasteiger partial charge in [-0.2, -0.15) is 5.26 Å². The summed E-state index contributed by atoms with van der Waals surface area (Å²) < 4.78 is 25.2. The number of benzene rings is 4. The fraction of sp³-hybridized carbons (Fsp3) is 0.283. The average Bonchev–Trinajstić information content (AvgIpc) is 3.36. The van der Waals surface area contributed by atoms with Crippen LogP contribution in [0.25, 0.3) is 11.1 Å². The predicted octanol–water partition coefficient (Wildman–Crippen LogP) is 8.15. The number of aliphatic hydroxyl groups excluding tert-OH is 2. The van der Waals surface area contributed by atoms with Crippen LogP contribution in [0.15, 0.2) is 103 Å². The molecule has 71 heavy (non-hydrogen) atoms. The number of rotatable bonds is 24. The highest BCUT2D eigenvalue weighted by molar-refractivity contribution is 6.32. The molecule has 0 aliphatic carbocycles. The van der Waals surface area contributed by atoms with Crippen LogP contribution >= 0.6 is 23.2 Å². The zero-order valence-electron chi connectivity index (χ0n) is 39.8. The lowest BCUT2D eigenvalue weighted by Gasteiger charge is -2.25. The summed E-state index contributed by atoms with van der Waals surface area (Å²) in [7, 11) is 1.67. The van der Waals surface area contributed by atoms with Crippen molar-refractivity contribution in [3.05, 3.63) is 163 Å². The number of carboxylic acid groups (broad SMARTS) is 2. The normalized spacial score (nSPS) is 13.0. The Bertz CT molecular complexity index is 2970. The molecule has 370 valence electrons. The Hall–Kier alpha value is -7.10.